The van der Waals surface area contributed by atoms with Crippen LogP contribution in [0.15, 0.2) is 11.4 Å². The summed E-state index contributed by atoms with van der Waals surface area (Å²) in [4.78, 5) is 4.20. The first-order chi connectivity index (χ1) is 7.77. The summed E-state index contributed by atoms with van der Waals surface area (Å²) >= 11 is 1.91. The lowest BCUT2D eigenvalue weighted by atomic mass is 9.87. The van der Waals surface area contributed by atoms with Gasteiger partial charge < -0.3 is 5.32 Å². The molecule has 0 bridgehead atoms. The van der Waals surface area contributed by atoms with Crippen LogP contribution in [0.1, 0.15) is 23.3 Å². The molecule has 2 nitrogen and oxygen atoms in total. The molecule has 2 aliphatic rings. The first kappa shape index (κ1) is 10.8. The zero-order valence-corrected chi connectivity index (χ0v) is 10.8. The zero-order chi connectivity index (χ0) is 11.0. The molecule has 16 heavy (non-hydrogen) atoms. The van der Waals surface area contributed by atoms with Crippen molar-refractivity contribution in [2.45, 2.75) is 26.3 Å². The monoisotopic (exact) mass is 236 g/mol. The Bertz CT molecular complexity index is 366. The van der Waals surface area contributed by atoms with Crippen molar-refractivity contribution >= 4 is 11.3 Å². The van der Waals surface area contributed by atoms with E-state index in [2.05, 4.69) is 28.6 Å². The van der Waals surface area contributed by atoms with Gasteiger partial charge in [-0.25, -0.2) is 0 Å². The first-order valence-corrected chi connectivity index (χ1v) is 7.12. The lowest BCUT2D eigenvalue weighted by Gasteiger charge is -2.22. The maximum atomic E-state index is 3.52. The molecule has 2 fully saturated rings. The third kappa shape index (κ3) is 1.92. The Balaban J connectivity index is 1.64. The van der Waals surface area contributed by atoms with Gasteiger partial charge in [-0.15, -0.1) is 11.3 Å². The molecule has 1 aromatic rings. The average molecular weight is 236 g/mol. The molecular formula is C13H20N2S. The number of hydrogen-bond donors (Lipinski definition) is 1. The van der Waals surface area contributed by atoms with E-state index in [1.165, 1.54) is 51.1 Å². The third-order valence-corrected chi connectivity index (χ3v) is 5.19. The summed E-state index contributed by atoms with van der Waals surface area (Å²) in [6.07, 6.45) is 2.78. The highest BCUT2D eigenvalue weighted by atomic mass is 32.1. The van der Waals surface area contributed by atoms with E-state index in [9.17, 15) is 0 Å². The lowest BCUT2D eigenvalue weighted by Crippen LogP contribution is -2.28. The summed E-state index contributed by atoms with van der Waals surface area (Å²) in [7, 11) is 0. The van der Waals surface area contributed by atoms with E-state index in [1.807, 2.05) is 11.3 Å². The first-order valence-electron chi connectivity index (χ1n) is 6.24. The molecule has 0 aromatic carbocycles. The Kier molecular flexibility index (Phi) is 2.78. The molecular weight excluding hydrogens is 216 g/mol. The fraction of sp³-hybridized carbons (Fsp3) is 0.692. The Labute approximate surface area is 102 Å². The molecule has 3 heterocycles. The minimum absolute atomic E-state index is 0.616. The van der Waals surface area contributed by atoms with Crippen LogP contribution in [0.2, 0.25) is 0 Å². The second-order valence-electron chi connectivity index (χ2n) is 5.41. The SMILES string of the molecule is Cc1ccsc1CN1CCC2(CCNC2)C1. The van der Waals surface area contributed by atoms with Crippen molar-refractivity contribution in [2.24, 2.45) is 5.41 Å². The van der Waals surface area contributed by atoms with Crippen LogP contribution in [-0.4, -0.2) is 31.1 Å². The number of nitrogens with one attached hydrogen (secondary N) is 1. The largest absolute Gasteiger partial charge is 0.316 e. The van der Waals surface area contributed by atoms with Gasteiger partial charge in [-0.2, -0.15) is 0 Å². The fourth-order valence-corrected chi connectivity index (χ4v) is 4.02. The Morgan fingerprint density at radius 3 is 3.12 bits per heavy atom. The summed E-state index contributed by atoms with van der Waals surface area (Å²) < 4.78 is 0. The molecule has 3 rings (SSSR count). The molecule has 1 N–H and O–H groups in total. The van der Waals surface area contributed by atoms with Gasteiger partial charge in [0.25, 0.3) is 0 Å². The van der Waals surface area contributed by atoms with Crippen molar-refractivity contribution < 1.29 is 0 Å². The average Bonchev–Trinajstić information content (AvgIpc) is 2.96. The van der Waals surface area contributed by atoms with Crippen LogP contribution in [0.25, 0.3) is 0 Å². The molecule has 0 saturated carbocycles. The minimum atomic E-state index is 0.616. The highest BCUT2D eigenvalue weighted by Crippen LogP contribution is 2.37. The third-order valence-electron chi connectivity index (χ3n) is 4.18. The van der Waals surface area contributed by atoms with Crippen LogP contribution >= 0.6 is 11.3 Å². The molecule has 1 aromatic heterocycles. The summed E-state index contributed by atoms with van der Waals surface area (Å²) in [6, 6.07) is 2.24. The molecule has 1 atom stereocenters. The predicted octanol–water partition coefficient (Wildman–Crippen LogP) is 2.24. The van der Waals surface area contributed by atoms with Crippen molar-refractivity contribution in [2.75, 3.05) is 26.2 Å². The van der Waals surface area contributed by atoms with Gasteiger partial charge >= 0.3 is 0 Å². The van der Waals surface area contributed by atoms with E-state index in [0.29, 0.717) is 5.41 Å². The predicted molar refractivity (Wildman–Crippen MR) is 68.9 cm³/mol. The molecule has 1 unspecified atom stereocenters. The Hall–Kier alpha value is -0.380. The molecule has 0 amide bonds. The zero-order valence-electron chi connectivity index (χ0n) is 9.96. The van der Waals surface area contributed by atoms with Gasteiger partial charge in [0.15, 0.2) is 0 Å². The van der Waals surface area contributed by atoms with Gasteiger partial charge in [0.2, 0.25) is 0 Å². The van der Waals surface area contributed by atoms with Crippen LogP contribution in [0.4, 0.5) is 0 Å². The van der Waals surface area contributed by atoms with Gasteiger partial charge in [-0.05, 0) is 55.3 Å². The standard InChI is InChI=1S/C13H20N2S/c1-11-2-7-16-12(11)8-15-6-4-13(10-15)3-5-14-9-13/h2,7,14H,3-6,8-10H2,1H3. The highest BCUT2D eigenvalue weighted by Gasteiger charge is 2.40. The highest BCUT2D eigenvalue weighted by molar-refractivity contribution is 7.10. The summed E-state index contributed by atoms with van der Waals surface area (Å²) in [5.41, 5.74) is 2.08. The molecule has 2 saturated heterocycles. The fourth-order valence-electron chi connectivity index (χ4n) is 3.08. The molecule has 2 aliphatic heterocycles. The van der Waals surface area contributed by atoms with Crippen molar-refractivity contribution in [1.29, 1.82) is 0 Å². The summed E-state index contributed by atoms with van der Waals surface area (Å²) in [5.74, 6) is 0. The van der Waals surface area contributed by atoms with Crippen molar-refractivity contribution in [3.8, 4) is 0 Å². The van der Waals surface area contributed by atoms with E-state index in [0.717, 1.165) is 0 Å². The maximum absolute atomic E-state index is 3.52. The summed E-state index contributed by atoms with van der Waals surface area (Å²) in [5, 5.41) is 5.74. The second-order valence-corrected chi connectivity index (χ2v) is 6.41. The lowest BCUT2D eigenvalue weighted by molar-refractivity contribution is 0.270. The van der Waals surface area contributed by atoms with Crippen LogP contribution in [0.5, 0.6) is 0 Å². The number of nitrogens with zero attached hydrogens (tertiary/aromatic N) is 1. The summed E-state index contributed by atoms with van der Waals surface area (Å²) in [6.45, 7) is 8.47. The van der Waals surface area contributed by atoms with Gasteiger partial charge in [-0.3, -0.25) is 4.90 Å². The number of likely N-dealkylation sites (tertiary alicyclic amines) is 1. The van der Waals surface area contributed by atoms with Crippen LogP contribution in [-0.2, 0) is 6.54 Å². The number of rotatable bonds is 2. The maximum Gasteiger partial charge on any atom is 0.0330 e. The van der Waals surface area contributed by atoms with Crippen LogP contribution in [0.3, 0.4) is 0 Å². The Morgan fingerprint density at radius 1 is 1.50 bits per heavy atom. The molecule has 3 heteroatoms. The van der Waals surface area contributed by atoms with Gasteiger partial charge in [0.1, 0.15) is 0 Å². The normalized spacial score (nSPS) is 30.6. The number of hydrogen-bond acceptors (Lipinski definition) is 3. The van der Waals surface area contributed by atoms with Crippen molar-refractivity contribution in [3.63, 3.8) is 0 Å². The molecule has 88 valence electrons. The van der Waals surface area contributed by atoms with E-state index in [-0.39, 0.29) is 0 Å². The van der Waals surface area contributed by atoms with E-state index < -0.39 is 0 Å². The van der Waals surface area contributed by atoms with Crippen molar-refractivity contribution in [3.05, 3.63) is 21.9 Å². The number of thiophene rings is 1. The molecule has 0 radical (unpaired) electrons. The van der Waals surface area contributed by atoms with Gasteiger partial charge in [-0.1, -0.05) is 0 Å². The van der Waals surface area contributed by atoms with Crippen LogP contribution < -0.4 is 5.32 Å². The topological polar surface area (TPSA) is 15.3 Å². The molecule has 0 aliphatic carbocycles. The second kappa shape index (κ2) is 4.13. The van der Waals surface area contributed by atoms with Gasteiger partial charge in [0, 0.05) is 24.5 Å². The van der Waals surface area contributed by atoms with Crippen LogP contribution in [0, 0.1) is 12.3 Å². The smallest absolute Gasteiger partial charge is 0.0330 e. The van der Waals surface area contributed by atoms with Crippen molar-refractivity contribution in [1.82, 2.24) is 10.2 Å². The van der Waals surface area contributed by atoms with E-state index in [1.54, 1.807) is 4.88 Å². The van der Waals surface area contributed by atoms with Gasteiger partial charge in [0.05, 0.1) is 0 Å². The van der Waals surface area contributed by atoms with E-state index in [4.69, 9.17) is 0 Å². The van der Waals surface area contributed by atoms with E-state index >= 15 is 0 Å². The minimum Gasteiger partial charge on any atom is -0.316 e. The quantitative estimate of drug-likeness (QED) is 0.847. The number of aryl methyl sites for hydroxylation is 1. The Morgan fingerprint density at radius 2 is 2.44 bits per heavy atom. The molecule has 1 spiro atoms.